The summed E-state index contributed by atoms with van der Waals surface area (Å²) in [5.74, 6) is 0.722. The van der Waals surface area contributed by atoms with Crippen molar-refractivity contribution in [3.8, 4) is 16.4 Å². The van der Waals surface area contributed by atoms with Gasteiger partial charge in [0, 0.05) is 40.6 Å². The van der Waals surface area contributed by atoms with E-state index in [9.17, 15) is 4.79 Å². The van der Waals surface area contributed by atoms with Gasteiger partial charge in [-0.15, -0.1) is 11.3 Å². The molecule has 0 radical (unpaired) electrons. The topological polar surface area (TPSA) is 72.7 Å². The van der Waals surface area contributed by atoms with Gasteiger partial charge in [0.05, 0.1) is 12.1 Å². The van der Waals surface area contributed by atoms with E-state index in [1.165, 1.54) is 11.3 Å². The zero-order valence-electron chi connectivity index (χ0n) is 14.7. The fourth-order valence-corrected chi connectivity index (χ4v) is 3.85. The van der Waals surface area contributed by atoms with E-state index >= 15 is 0 Å². The van der Waals surface area contributed by atoms with Crippen molar-refractivity contribution in [1.29, 1.82) is 0 Å². The lowest BCUT2D eigenvalue weighted by atomic mass is 10.2. The molecule has 0 spiro atoms. The molecule has 3 aromatic heterocycles. The van der Waals surface area contributed by atoms with E-state index in [1.807, 2.05) is 52.5 Å². The average molecular weight is 454 g/mol. The van der Waals surface area contributed by atoms with Gasteiger partial charge in [-0.2, -0.15) is 0 Å². The van der Waals surface area contributed by atoms with Crippen LogP contribution in [-0.4, -0.2) is 25.4 Å². The third-order valence-electron chi connectivity index (χ3n) is 4.03. The van der Waals surface area contributed by atoms with Crippen molar-refractivity contribution in [3.05, 3.63) is 82.4 Å². The fraction of sp³-hybridized carbons (Fsp3) is 0.100. The standard InChI is InChI=1S/C20H16BrN5OS/c21-16-3-1-2-15(8-16)20-25-17(12-28-20)9-19(27)24-11-14-4-5-18(23-10-14)26-7-6-22-13-26/h1-8,10,12-13H,9,11H2,(H,24,27). The highest BCUT2D eigenvalue weighted by Crippen LogP contribution is 2.26. The smallest absolute Gasteiger partial charge is 0.226 e. The summed E-state index contributed by atoms with van der Waals surface area (Å²) in [6, 6.07) is 11.8. The van der Waals surface area contributed by atoms with Gasteiger partial charge in [-0.3, -0.25) is 9.36 Å². The van der Waals surface area contributed by atoms with E-state index in [-0.39, 0.29) is 12.3 Å². The van der Waals surface area contributed by atoms with Crippen LogP contribution >= 0.6 is 27.3 Å². The van der Waals surface area contributed by atoms with Crippen LogP contribution in [0.5, 0.6) is 0 Å². The minimum Gasteiger partial charge on any atom is -0.352 e. The zero-order valence-corrected chi connectivity index (χ0v) is 17.2. The molecule has 140 valence electrons. The maximum atomic E-state index is 12.3. The first-order valence-electron chi connectivity index (χ1n) is 8.58. The normalized spacial score (nSPS) is 10.8. The number of imidazole rings is 1. The molecule has 4 aromatic rings. The number of benzene rings is 1. The first kappa shape index (κ1) is 18.5. The summed E-state index contributed by atoms with van der Waals surface area (Å²) in [7, 11) is 0. The molecule has 1 amide bonds. The van der Waals surface area contributed by atoms with E-state index in [1.54, 1.807) is 18.7 Å². The molecule has 4 rings (SSSR count). The molecule has 3 heterocycles. The summed E-state index contributed by atoms with van der Waals surface area (Å²) < 4.78 is 2.83. The van der Waals surface area contributed by atoms with Crippen molar-refractivity contribution in [3.63, 3.8) is 0 Å². The number of hydrogen-bond acceptors (Lipinski definition) is 5. The van der Waals surface area contributed by atoms with Crippen molar-refractivity contribution in [2.75, 3.05) is 0 Å². The lowest BCUT2D eigenvalue weighted by molar-refractivity contribution is -0.120. The highest BCUT2D eigenvalue weighted by Gasteiger charge is 2.09. The number of pyridine rings is 1. The number of aromatic nitrogens is 4. The largest absolute Gasteiger partial charge is 0.352 e. The molecule has 0 aliphatic carbocycles. The lowest BCUT2D eigenvalue weighted by Gasteiger charge is -2.06. The number of rotatable bonds is 6. The molecule has 28 heavy (non-hydrogen) atoms. The van der Waals surface area contributed by atoms with Crippen LogP contribution < -0.4 is 5.32 Å². The van der Waals surface area contributed by atoms with Crippen molar-refractivity contribution in [2.24, 2.45) is 0 Å². The summed E-state index contributed by atoms with van der Waals surface area (Å²) in [6.07, 6.45) is 7.24. The van der Waals surface area contributed by atoms with E-state index in [0.29, 0.717) is 6.54 Å². The van der Waals surface area contributed by atoms with Crippen LogP contribution in [0.4, 0.5) is 0 Å². The molecule has 1 aromatic carbocycles. The number of nitrogens with zero attached hydrogens (tertiary/aromatic N) is 4. The maximum absolute atomic E-state index is 12.3. The van der Waals surface area contributed by atoms with E-state index in [2.05, 4.69) is 36.2 Å². The van der Waals surface area contributed by atoms with Crippen molar-refractivity contribution >= 4 is 33.2 Å². The Morgan fingerprint density at radius 3 is 2.93 bits per heavy atom. The first-order chi connectivity index (χ1) is 13.7. The van der Waals surface area contributed by atoms with Crippen molar-refractivity contribution in [1.82, 2.24) is 24.8 Å². The number of thiazole rings is 1. The lowest BCUT2D eigenvalue weighted by Crippen LogP contribution is -2.24. The Labute approximate surface area is 174 Å². The Hall–Kier alpha value is -2.84. The van der Waals surface area contributed by atoms with Gasteiger partial charge in [-0.1, -0.05) is 34.1 Å². The highest BCUT2D eigenvalue weighted by molar-refractivity contribution is 9.10. The molecule has 8 heteroatoms. The number of carbonyl (C=O) groups excluding carboxylic acids is 1. The highest BCUT2D eigenvalue weighted by atomic mass is 79.9. The third-order valence-corrected chi connectivity index (χ3v) is 5.47. The van der Waals surface area contributed by atoms with Crippen LogP contribution in [0, 0.1) is 0 Å². The molecule has 0 saturated heterocycles. The monoisotopic (exact) mass is 453 g/mol. The molecule has 0 aliphatic heterocycles. The summed E-state index contributed by atoms with van der Waals surface area (Å²) in [5.41, 5.74) is 2.74. The minimum absolute atomic E-state index is 0.0650. The second kappa shape index (κ2) is 8.45. The molecule has 0 aliphatic rings. The van der Waals surface area contributed by atoms with Gasteiger partial charge in [0.25, 0.3) is 0 Å². The molecule has 0 bridgehead atoms. The predicted octanol–water partition coefficient (Wildman–Crippen LogP) is 4.01. The molecular formula is C20H16BrN5OS. The summed E-state index contributed by atoms with van der Waals surface area (Å²) in [5, 5.41) is 5.75. The minimum atomic E-state index is -0.0650. The van der Waals surface area contributed by atoms with Gasteiger partial charge >= 0.3 is 0 Å². The quantitative estimate of drug-likeness (QED) is 0.478. The Kier molecular flexibility index (Phi) is 5.59. The van der Waals surface area contributed by atoms with Crippen LogP contribution in [0.3, 0.4) is 0 Å². The molecule has 1 N–H and O–H groups in total. The zero-order chi connectivity index (χ0) is 19.3. The van der Waals surface area contributed by atoms with Crippen molar-refractivity contribution in [2.45, 2.75) is 13.0 Å². The van der Waals surface area contributed by atoms with Gasteiger partial charge in [-0.05, 0) is 23.8 Å². The Morgan fingerprint density at radius 2 is 2.18 bits per heavy atom. The van der Waals surface area contributed by atoms with Gasteiger partial charge in [-0.25, -0.2) is 15.0 Å². The number of hydrogen-bond donors (Lipinski definition) is 1. The number of halogens is 1. The fourth-order valence-electron chi connectivity index (χ4n) is 2.64. The van der Waals surface area contributed by atoms with Gasteiger partial charge in [0.15, 0.2) is 0 Å². The van der Waals surface area contributed by atoms with Gasteiger partial charge in [0.2, 0.25) is 5.91 Å². The summed E-state index contributed by atoms with van der Waals surface area (Å²) >= 11 is 5.01. The molecule has 0 saturated carbocycles. The first-order valence-corrected chi connectivity index (χ1v) is 10.2. The summed E-state index contributed by atoms with van der Waals surface area (Å²) in [4.78, 5) is 25.2. The van der Waals surface area contributed by atoms with Crippen LogP contribution in [0.2, 0.25) is 0 Å². The van der Waals surface area contributed by atoms with E-state index in [4.69, 9.17) is 0 Å². The van der Waals surface area contributed by atoms with Crippen LogP contribution in [-0.2, 0) is 17.8 Å². The van der Waals surface area contributed by atoms with Gasteiger partial charge in [0.1, 0.15) is 17.2 Å². The Bertz CT molecular complexity index is 1080. The van der Waals surface area contributed by atoms with E-state index < -0.39 is 0 Å². The summed E-state index contributed by atoms with van der Waals surface area (Å²) in [6.45, 7) is 0.429. The third kappa shape index (κ3) is 4.52. The second-order valence-electron chi connectivity index (χ2n) is 6.10. The van der Waals surface area contributed by atoms with Crippen LogP contribution in [0.25, 0.3) is 16.4 Å². The Morgan fingerprint density at radius 1 is 1.25 bits per heavy atom. The molecule has 0 atom stereocenters. The second-order valence-corrected chi connectivity index (χ2v) is 7.88. The molecule has 0 unspecified atom stereocenters. The van der Waals surface area contributed by atoms with Crippen molar-refractivity contribution < 1.29 is 4.79 Å². The van der Waals surface area contributed by atoms with E-state index in [0.717, 1.165) is 32.1 Å². The molecule has 0 fully saturated rings. The van der Waals surface area contributed by atoms with Gasteiger partial charge < -0.3 is 5.32 Å². The number of amides is 1. The average Bonchev–Trinajstić information content (AvgIpc) is 3.39. The SMILES string of the molecule is O=C(Cc1csc(-c2cccc(Br)c2)n1)NCc1ccc(-n2ccnc2)nc1. The van der Waals surface area contributed by atoms with Crippen LogP contribution in [0.1, 0.15) is 11.3 Å². The number of nitrogens with one attached hydrogen (secondary N) is 1. The molecular weight excluding hydrogens is 438 g/mol. The number of carbonyl (C=O) groups is 1. The Balaban J connectivity index is 1.32. The predicted molar refractivity (Wildman–Crippen MR) is 112 cm³/mol. The molecule has 6 nitrogen and oxygen atoms in total. The van der Waals surface area contributed by atoms with Crippen LogP contribution in [0.15, 0.2) is 71.2 Å². The maximum Gasteiger partial charge on any atom is 0.226 e.